The third-order valence-corrected chi connectivity index (χ3v) is 6.50. The highest BCUT2D eigenvalue weighted by Gasteiger charge is 2.21. The molecule has 3 rings (SSSR count). The van der Waals surface area contributed by atoms with E-state index in [0.29, 0.717) is 22.8 Å². The molecule has 2 aromatic carbocycles. The maximum Gasteiger partial charge on any atom is 0.206 e. The van der Waals surface area contributed by atoms with Gasteiger partial charge in [0.05, 0.1) is 16.3 Å². The number of hydrogen-bond acceptors (Lipinski definition) is 3. The van der Waals surface area contributed by atoms with Crippen molar-refractivity contribution in [2.24, 2.45) is 0 Å². The first kappa shape index (κ1) is 18.1. The molecule has 0 atom stereocenters. The van der Waals surface area contributed by atoms with Crippen LogP contribution in [0.3, 0.4) is 0 Å². The summed E-state index contributed by atoms with van der Waals surface area (Å²) in [6, 6.07) is 17.6. The minimum absolute atomic E-state index is 0.291. The van der Waals surface area contributed by atoms with Crippen molar-refractivity contribution in [1.82, 2.24) is 4.57 Å². The standard InChI is InChI=1S/C21H21NO3S/c1-16-14-19(17(2)22(16)12-13-23)15-18-8-6-7-11-21(18)26(24,25)20-9-4-3-5-10-20/h3-11,13-14H,12,15H2,1-2H3. The molecular weight excluding hydrogens is 346 g/mol. The largest absolute Gasteiger partial charge is 0.342 e. The maximum absolute atomic E-state index is 13.1. The molecule has 1 heterocycles. The molecule has 5 heteroatoms. The third kappa shape index (κ3) is 3.35. The van der Waals surface area contributed by atoms with Crippen molar-refractivity contribution in [2.75, 3.05) is 0 Å². The number of carbonyl (C=O) groups is 1. The first-order valence-corrected chi connectivity index (χ1v) is 9.90. The number of aldehydes is 1. The smallest absolute Gasteiger partial charge is 0.206 e. The van der Waals surface area contributed by atoms with Gasteiger partial charge in [-0.1, -0.05) is 36.4 Å². The fourth-order valence-electron chi connectivity index (χ4n) is 3.25. The van der Waals surface area contributed by atoms with Gasteiger partial charge in [0.25, 0.3) is 0 Å². The molecule has 0 saturated carbocycles. The van der Waals surface area contributed by atoms with Crippen molar-refractivity contribution >= 4 is 16.1 Å². The second kappa shape index (κ2) is 7.30. The Morgan fingerprint density at radius 2 is 1.58 bits per heavy atom. The van der Waals surface area contributed by atoms with Crippen molar-refractivity contribution in [3.63, 3.8) is 0 Å². The normalized spacial score (nSPS) is 11.5. The molecule has 0 radical (unpaired) electrons. The second-order valence-corrected chi connectivity index (χ2v) is 8.19. The van der Waals surface area contributed by atoms with Crippen molar-refractivity contribution < 1.29 is 13.2 Å². The van der Waals surface area contributed by atoms with Crippen LogP contribution in [0.25, 0.3) is 0 Å². The number of aryl methyl sites for hydroxylation is 1. The van der Waals surface area contributed by atoms with Gasteiger partial charge >= 0.3 is 0 Å². The number of aromatic nitrogens is 1. The Hall–Kier alpha value is -2.66. The summed E-state index contributed by atoms with van der Waals surface area (Å²) in [6.45, 7) is 4.22. The lowest BCUT2D eigenvalue weighted by Crippen LogP contribution is -2.07. The fraction of sp³-hybridized carbons (Fsp3) is 0.190. The summed E-state index contributed by atoms with van der Waals surface area (Å²) in [7, 11) is -3.58. The zero-order chi connectivity index (χ0) is 18.7. The first-order chi connectivity index (χ1) is 12.4. The van der Waals surface area contributed by atoms with Crippen LogP contribution in [0.2, 0.25) is 0 Å². The summed E-state index contributed by atoms with van der Waals surface area (Å²) < 4.78 is 28.0. The van der Waals surface area contributed by atoms with E-state index in [-0.39, 0.29) is 0 Å². The van der Waals surface area contributed by atoms with Gasteiger partial charge in [-0.05, 0) is 49.2 Å². The van der Waals surface area contributed by atoms with Gasteiger partial charge in [-0.3, -0.25) is 0 Å². The van der Waals surface area contributed by atoms with Crippen molar-refractivity contribution in [1.29, 1.82) is 0 Å². The monoisotopic (exact) mass is 367 g/mol. The van der Waals surface area contributed by atoms with Crippen LogP contribution in [0.4, 0.5) is 0 Å². The molecule has 0 spiro atoms. The molecule has 0 N–H and O–H groups in total. The zero-order valence-corrected chi connectivity index (χ0v) is 15.7. The molecule has 0 unspecified atom stereocenters. The van der Waals surface area contributed by atoms with E-state index in [1.807, 2.05) is 36.6 Å². The topological polar surface area (TPSA) is 56.1 Å². The van der Waals surface area contributed by atoms with E-state index in [1.54, 1.807) is 42.5 Å². The summed E-state index contributed by atoms with van der Waals surface area (Å²) in [5, 5.41) is 0. The van der Waals surface area contributed by atoms with Gasteiger partial charge in [0.15, 0.2) is 0 Å². The number of carbonyl (C=O) groups excluding carboxylic acids is 1. The van der Waals surface area contributed by atoms with Crippen LogP contribution >= 0.6 is 0 Å². The summed E-state index contributed by atoms with van der Waals surface area (Å²) in [5.41, 5.74) is 3.76. The van der Waals surface area contributed by atoms with E-state index in [0.717, 1.165) is 28.8 Å². The second-order valence-electron chi connectivity index (χ2n) is 6.27. The first-order valence-electron chi connectivity index (χ1n) is 8.42. The van der Waals surface area contributed by atoms with Gasteiger partial charge in [0.1, 0.15) is 6.29 Å². The molecule has 1 aromatic heterocycles. The number of nitrogens with zero attached hydrogens (tertiary/aromatic N) is 1. The zero-order valence-electron chi connectivity index (χ0n) is 14.8. The number of hydrogen-bond donors (Lipinski definition) is 0. The number of sulfone groups is 1. The molecular formula is C21H21NO3S. The highest BCUT2D eigenvalue weighted by Crippen LogP contribution is 2.27. The van der Waals surface area contributed by atoms with E-state index < -0.39 is 9.84 Å². The van der Waals surface area contributed by atoms with E-state index in [2.05, 4.69) is 0 Å². The van der Waals surface area contributed by atoms with Crippen LogP contribution < -0.4 is 0 Å². The van der Waals surface area contributed by atoms with Gasteiger partial charge in [-0.2, -0.15) is 0 Å². The molecule has 0 aliphatic carbocycles. The third-order valence-electron chi connectivity index (χ3n) is 4.63. The average molecular weight is 367 g/mol. The van der Waals surface area contributed by atoms with Crippen LogP contribution in [0, 0.1) is 13.8 Å². The van der Waals surface area contributed by atoms with Crippen molar-refractivity contribution in [2.45, 2.75) is 36.6 Å². The van der Waals surface area contributed by atoms with Gasteiger partial charge in [0, 0.05) is 17.8 Å². The van der Waals surface area contributed by atoms with Crippen molar-refractivity contribution in [3.05, 3.63) is 83.2 Å². The van der Waals surface area contributed by atoms with Crippen LogP contribution in [0.5, 0.6) is 0 Å². The summed E-state index contributed by atoms with van der Waals surface area (Å²) in [6.07, 6.45) is 1.37. The lowest BCUT2D eigenvalue weighted by Gasteiger charge is -2.11. The summed E-state index contributed by atoms with van der Waals surface area (Å²) >= 11 is 0. The predicted molar refractivity (Wildman–Crippen MR) is 101 cm³/mol. The summed E-state index contributed by atoms with van der Waals surface area (Å²) in [5.74, 6) is 0. The van der Waals surface area contributed by atoms with Crippen LogP contribution in [-0.2, 0) is 27.6 Å². The molecule has 0 fully saturated rings. The molecule has 134 valence electrons. The van der Waals surface area contributed by atoms with Gasteiger partial charge in [0.2, 0.25) is 9.84 Å². The van der Waals surface area contributed by atoms with Gasteiger partial charge in [-0.25, -0.2) is 8.42 Å². The quantitative estimate of drug-likeness (QED) is 0.624. The van der Waals surface area contributed by atoms with E-state index >= 15 is 0 Å². The Kier molecular flexibility index (Phi) is 5.09. The van der Waals surface area contributed by atoms with E-state index in [4.69, 9.17) is 0 Å². The van der Waals surface area contributed by atoms with Crippen molar-refractivity contribution in [3.8, 4) is 0 Å². The highest BCUT2D eigenvalue weighted by molar-refractivity contribution is 7.91. The SMILES string of the molecule is Cc1cc(Cc2ccccc2S(=O)(=O)c2ccccc2)c(C)n1CC=O. The van der Waals surface area contributed by atoms with Gasteiger partial charge in [-0.15, -0.1) is 0 Å². The number of rotatable bonds is 6. The number of benzene rings is 2. The minimum Gasteiger partial charge on any atom is -0.342 e. The van der Waals surface area contributed by atoms with Gasteiger partial charge < -0.3 is 9.36 Å². The lowest BCUT2D eigenvalue weighted by molar-refractivity contribution is -0.108. The fourth-order valence-corrected chi connectivity index (χ4v) is 4.76. The molecule has 3 aromatic rings. The molecule has 0 aliphatic heterocycles. The summed E-state index contributed by atoms with van der Waals surface area (Å²) in [4.78, 5) is 11.5. The Bertz CT molecular complexity index is 1030. The predicted octanol–water partition coefficient (Wildman–Crippen LogP) is 3.73. The Balaban J connectivity index is 2.04. The highest BCUT2D eigenvalue weighted by atomic mass is 32.2. The average Bonchev–Trinajstić information content (AvgIpc) is 2.91. The minimum atomic E-state index is -3.58. The molecule has 0 bridgehead atoms. The molecule has 0 saturated heterocycles. The lowest BCUT2D eigenvalue weighted by atomic mass is 10.1. The van der Waals surface area contributed by atoms with E-state index in [1.165, 1.54) is 0 Å². The van der Waals surface area contributed by atoms with Crippen LogP contribution in [0.15, 0.2) is 70.5 Å². The molecule has 0 amide bonds. The maximum atomic E-state index is 13.1. The Morgan fingerprint density at radius 1 is 0.923 bits per heavy atom. The Morgan fingerprint density at radius 3 is 2.27 bits per heavy atom. The van der Waals surface area contributed by atoms with Crippen LogP contribution in [0.1, 0.15) is 22.5 Å². The molecule has 26 heavy (non-hydrogen) atoms. The molecule has 0 aliphatic rings. The molecule has 4 nitrogen and oxygen atoms in total. The van der Waals surface area contributed by atoms with Crippen LogP contribution in [-0.4, -0.2) is 19.3 Å². The Labute approximate surface area is 154 Å². The van der Waals surface area contributed by atoms with E-state index in [9.17, 15) is 13.2 Å².